The van der Waals surface area contributed by atoms with Crippen LogP contribution in [0.4, 0.5) is 0 Å². The second-order valence-electron chi connectivity index (χ2n) is 6.17. The van der Waals surface area contributed by atoms with E-state index in [-0.39, 0.29) is 31.3 Å². The number of fused-ring (bicyclic) bond motifs is 1. The van der Waals surface area contributed by atoms with Gasteiger partial charge < -0.3 is 16.0 Å². The molecule has 0 radical (unpaired) electrons. The first-order valence-electron chi connectivity index (χ1n) is 8.32. The largest absolute Gasteiger partial charge is 1.00 e. The van der Waals surface area contributed by atoms with Crippen molar-refractivity contribution in [1.29, 1.82) is 0 Å². The van der Waals surface area contributed by atoms with Gasteiger partial charge in [0.2, 0.25) is 0 Å². The molecule has 0 aliphatic carbocycles. The van der Waals surface area contributed by atoms with Crippen LogP contribution in [0.2, 0.25) is 0 Å². The van der Waals surface area contributed by atoms with E-state index in [1.54, 1.807) is 0 Å². The maximum absolute atomic E-state index is 10.9. The van der Waals surface area contributed by atoms with Crippen LogP contribution >= 0.6 is 11.3 Å². The van der Waals surface area contributed by atoms with Crippen LogP contribution in [-0.4, -0.2) is 16.1 Å². The second-order valence-corrected chi connectivity index (χ2v) is 7.16. The summed E-state index contributed by atoms with van der Waals surface area (Å²) in [5.41, 5.74) is 3.55. The molecular weight excluding hydrogens is 357 g/mol. The molecule has 134 valence electrons. The van der Waals surface area contributed by atoms with Crippen molar-refractivity contribution < 1.29 is 39.7 Å². The molecule has 1 aromatic heterocycles. The van der Waals surface area contributed by atoms with Gasteiger partial charge in [0.1, 0.15) is 22.5 Å². The summed E-state index contributed by atoms with van der Waals surface area (Å²) >= 11 is 1.01. The standard InChI is InChI=1S/C20H17NO4S.Li.H/c1-12-4-2-3-5-15(12)17-8-6-13-10-14(7-9-16(13)25-17)24-20-21-11-18(26-20)19(22)23;;/h2-5,7,9-11,17H,6,8H2,1H3,(H,22,23);;/q;+1;-1. The maximum Gasteiger partial charge on any atom is 1.00 e. The maximum atomic E-state index is 10.9. The van der Waals surface area contributed by atoms with Crippen molar-refractivity contribution in [2.24, 2.45) is 0 Å². The molecule has 2 aromatic carbocycles. The number of aryl methyl sites for hydroxylation is 2. The topological polar surface area (TPSA) is 68.7 Å². The molecule has 3 aromatic rings. The Labute approximate surface area is 174 Å². The molecule has 0 fully saturated rings. The minimum Gasteiger partial charge on any atom is -1.00 e. The number of hydrogen-bond acceptors (Lipinski definition) is 5. The normalized spacial score (nSPS) is 15.2. The Balaban J connectivity index is 0.00000140. The molecule has 5 nitrogen and oxygen atoms in total. The van der Waals surface area contributed by atoms with Crippen LogP contribution < -0.4 is 28.3 Å². The van der Waals surface area contributed by atoms with Crippen molar-refractivity contribution >= 4 is 17.3 Å². The van der Waals surface area contributed by atoms with Gasteiger partial charge in [0.25, 0.3) is 5.19 Å². The van der Waals surface area contributed by atoms with Crippen molar-refractivity contribution in [2.45, 2.75) is 25.9 Å². The third-order valence-electron chi connectivity index (χ3n) is 4.41. The van der Waals surface area contributed by atoms with E-state index in [0.717, 1.165) is 35.5 Å². The first-order chi connectivity index (χ1) is 12.6. The van der Waals surface area contributed by atoms with E-state index in [1.807, 2.05) is 30.3 Å². The summed E-state index contributed by atoms with van der Waals surface area (Å²) in [5.74, 6) is 0.494. The van der Waals surface area contributed by atoms with Gasteiger partial charge >= 0.3 is 24.8 Å². The SMILES string of the molecule is Cc1ccccc1C1CCc2cc(Oc3ncc(C(=O)O)s3)ccc2O1.[H-].[Li+]. The van der Waals surface area contributed by atoms with Gasteiger partial charge in [0.15, 0.2) is 0 Å². The van der Waals surface area contributed by atoms with Crippen LogP contribution in [0.3, 0.4) is 0 Å². The van der Waals surface area contributed by atoms with Gasteiger partial charge in [-0.05, 0) is 54.7 Å². The van der Waals surface area contributed by atoms with E-state index in [2.05, 4.69) is 24.0 Å². The van der Waals surface area contributed by atoms with Crippen LogP contribution in [0.15, 0.2) is 48.7 Å². The average molecular weight is 375 g/mol. The van der Waals surface area contributed by atoms with Crippen molar-refractivity contribution in [1.82, 2.24) is 4.98 Å². The first-order valence-corrected chi connectivity index (χ1v) is 9.14. The van der Waals surface area contributed by atoms with E-state index < -0.39 is 5.97 Å². The molecule has 0 bridgehead atoms. The van der Waals surface area contributed by atoms with Gasteiger partial charge in [-0.3, -0.25) is 0 Å². The third-order valence-corrected chi connectivity index (χ3v) is 5.28. The Hall–Kier alpha value is -2.26. The number of benzene rings is 2. The third kappa shape index (κ3) is 4.19. The Kier molecular flexibility index (Phi) is 5.91. The molecule has 0 amide bonds. The number of carboxylic acid groups (broad SMARTS) is 1. The summed E-state index contributed by atoms with van der Waals surface area (Å²) in [4.78, 5) is 15.1. The van der Waals surface area contributed by atoms with Crippen molar-refractivity contribution in [3.05, 3.63) is 70.2 Å². The molecular formula is C20H18LiNO4S. The summed E-state index contributed by atoms with van der Waals surface area (Å²) in [6.45, 7) is 2.10. The molecule has 1 N–H and O–H groups in total. The molecule has 0 saturated heterocycles. The number of carbonyl (C=O) groups is 1. The van der Waals surface area contributed by atoms with Crippen LogP contribution in [0.5, 0.6) is 16.7 Å². The Morgan fingerprint density at radius 1 is 1.33 bits per heavy atom. The number of thiazole rings is 1. The van der Waals surface area contributed by atoms with Crippen molar-refractivity contribution in [2.75, 3.05) is 0 Å². The number of ether oxygens (including phenoxy) is 2. The van der Waals surface area contributed by atoms with E-state index in [0.29, 0.717) is 10.9 Å². The number of aromatic nitrogens is 1. The number of aromatic carboxylic acids is 1. The Morgan fingerprint density at radius 3 is 2.89 bits per heavy atom. The molecule has 2 heterocycles. The molecule has 7 heteroatoms. The van der Waals surface area contributed by atoms with E-state index >= 15 is 0 Å². The number of hydrogen-bond donors (Lipinski definition) is 1. The van der Waals surface area contributed by atoms with Gasteiger partial charge in [0, 0.05) is 0 Å². The van der Waals surface area contributed by atoms with Gasteiger partial charge in [-0.2, -0.15) is 0 Å². The molecule has 0 saturated carbocycles. The quantitative estimate of drug-likeness (QED) is 0.708. The zero-order valence-electron chi connectivity index (χ0n) is 16.1. The van der Waals surface area contributed by atoms with E-state index in [9.17, 15) is 4.79 Å². The molecule has 1 unspecified atom stereocenters. The van der Waals surface area contributed by atoms with Crippen LogP contribution in [0.1, 0.15) is 40.3 Å². The molecule has 1 atom stereocenters. The minimum absolute atomic E-state index is 0. The monoisotopic (exact) mass is 375 g/mol. The summed E-state index contributed by atoms with van der Waals surface area (Å²) < 4.78 is 11.9. The fourth-order valence-electron chi connectivity index (χ4n) is 3.10. The second kappa shape index (κ2) is 8.18. The van der Waals surface area contributed by atoms with Crippen LogP contribution in [0.25, 0.3) is 0 Å². The average Bonchev–Trinajstić information content (AvgIpc) is 3.10. The molecule has 0 spiro atoms. The van der Waals surface area contributed by atoms with Crippen LogP contribution in [0, 0.1) is 6.92 Å². The smallest absolute Gasteiger partial charge is 1.00 e. The number of nitrogens with zero attached hydrogens (tertiary/aromatic N) is 1. The summed E-state index contributed by atoms with van der Waals surface area (Å²) in [6.07, 6.45) is 3.16. The molecule has 4 rings (SSSR count). The van der Waals surface area contributed by atoms with Gasteiger partial charge in [-0.25, -0.2) is 9.78 Å². The fraction of sp³-hybridized carbons (Fsp3) is 0.200. The first kappa shape index (κ1) is 19.5. The Morgan fingerprint density at radius 2 is 2.15 bits per heavy atom. The van der Waals surface area contributed by atoms with E-state index in [1.165, 1.54) is 17.3 Å². The summed E-state index contributed by atoms with van der Waals surface area (Å²) in [7, 11) is 0. The van der Waals surface area contributed by atoms with Gasteiger partial charge in [-0.1, -0.05) is 35.6 Å². The zero-order valence-corrected chi connectivity index (χ0v) is 16.0. The predicted octanol–water partition coefficient (Wildman–Crippen LogP) is 2.12. The van der Waals surface area contributed by atoms with Crippen molar-refractivity contribution in [3.8, 4) is 16.7 Å². The van der Waals surface area contributed by atoms with E-state index in [4.69, 9.17) is 14.6 Å². The van der Waals surface area contributed by atoms with Crippen molar-refractivity contribution in [3.63, 3.8) is 0 Å². The zero-order chi connectivity index (χ0) is 18.1. The number of carboxylic acids is 1. The molecule has 1 aliphatic heterocycles. The summed E-state index contributed by atoms with van der Waals surface area (Å²) in [6, 6.07) is 14.0. The predicted molar refractivity (Wildman–Crippen MR) is 99.6 cm³/mol. The molecule has 27 heavy (non-hydrogen) atoms. The van der Waals surface area contributed by atoms with Gasteiger partial charge in [-0.15, -0.1) is 0 Å². The molecule has 1 aliphatic rings. The fourth-order valence-corrected chi connectivity index (χ4v) is 3.72. The number of rotatable bonds is 4. The van der Waals surface area contributed by atoms with Gasteiger partial charge in [0.05, 0.1) is 6.20 Å². The summed E-state index contributed by atoms with van der Waals surface area (Å²) in [5, 5.41) is 9.28. The Bertz CT molecular complexity index is 978. The minimum atomic E-state index is -1.00. The van der Waals surface area contributed by atoms with Crippen LogP contribution in [-0.2, 0) is 6.42 Å².